The number of nitrogens with zero attached hydrogens (tertiary/aromatic N) is 2. The molecule has 0 spiro atoms. The van der Waals surface area contributed by atoms with Gasteiger partial charge in [0.05, 0.1) is 0 Å². The molecule has 1 aromatic heterocycles. The number of anilines is 1. The number of hydrogen-bond donors (Lipinski definition) is 0. The minimum absolute atomic E-state index is 0. The summed E-state index contributed by atoms with van der Waals surface area (Å²) in [7, 11) is 0. The van der Waals surface area contributed by atoms with Crippen molar-refractivity contribution in [3.05, 3.63) is 11.6 Å². The predicted octanol–water partition coefficient (Wildman–Crippen LogP) is -2.89. The maximum atomic E-state index is 10.6. The molecule has 1 saturated heterocycles. The van der Waals surface area contributed by atoms with Gasteiger partial charge in [-0.1, -0.05) is 0 Å². The van der Waals surface area contributed by atoms with Crippen molar-refractivity contribution in [3.63, 3.8) is 0 Å². The number of carbonyl (C=O) groups excluding carboxylic acids is 1. The van der Waals surface area contributed by atoms with E-state index in [0.29, 0.717) is 12.8 Å². The second kappa shape index (κ2) is 5.55. The Labute approximate surface area is 104 Å². The molecular weight excluding hydrogens is 207 g/mol. The van der Waals surface area contributed by atoms with Crippen molar-refractivity contribution in [3.8, 4) is 0 Å². The summed E-state index contributed by atoms with van der Waals surface area (Å²) in [5.41, 5.74) is 0. The Morgan fingerprint density at radius 1 is 1.53 bits per heavy atom. The fourth-order valence-electron chi connectivity index (χ4n) is 1.68. The molecule has 0 radical (unpaired) electrons. The van der Waals surface area contributed by atoms with Gasteiger partial charge in [-0.05, 0) is 12.8 Å². The third-order valence-electron chi connectivity index (χ3n) is 2.52. The molecule has 1 aromatic rings. The van der Waals surface area contributed by atoms with Crippen LogP contribution in [-0.2, 0) is 4.79 Å². The largest absolute Gasteiger partial charge is 1.00 e. The molecule has 0 atom stereocenters. The van der Waals surface area contributed by atoms with Crippen LogP contribution in [0.2, 0.25) is 0 Å². The minimum Gasteiger partial charge on any atom is -0.550 e. The zero-order valence-corrected chi connectivity index (χ0v) is 9.50. The summed E-state index contributed by atoms with van der Waals surface area (Å²) < 4.78 is 0. The molecule has 0 unspecified atom stereocenters. The first-order valence-electron chi connectivity index (χ1n) is 4.62. The summed E-state index contributed by atoms with van der Waals surface area (Å²) in [6.07, 6.45) is 3.11. The van der Waals surface area contributed by atoms with Crippen LogP contribution in [0.5, 0.6) is 0 Å². The van der Waals surface area contributed by atoms with Gasteiger partial charge in [0.15, 0.2) is 5.13 Å². The molecule has 0 aromatic carbocycles. The van der Waals surface area contributed by atoms with Crippen LogP contribution in [0.1, 0.15) is 12.8 Å². The molecule has 4 nitrogen and oxygen atoms in total. The van der Waals surface area contributed by atoms with E-state index >= 15 is 0 Å². The topological polar surface area (TPSA) is 56.3 Å². The van der Waals surface area contributed by atoms with Crippen molar-refractivity contribution in [2.24, 2.45) is 5.92 Å². The quantitative estimate of drug-likeness (QED) is 0.500. The molecular formula is C9H11LiN2O2S. The van der Waals surface area contributed by atoms with E-state index in [1.54, 1.807) is 17.5 Å². The number of aliphatic carboxylic acids is 1. The van der Waals surface area contributed by atoms with Crippen LogP contribution in [0.3, 0.4) is 0 Å². The number of piperidine rings is 1. The molecule has 2 heterocycles. The molecule has 2 rings (SSSR count). The van der Waals surface area contributed by atoms with Crippen molar-refractivity contribution in [1.29, 1.82) is 0 Å². The smallest absolute Gasteiger partial charge is 0.550 e. The van der Waals surface area contributed by atoms with E-state index in [1.807, 2.05) is 5.38 Å². The van der Waals surface area contributed by atoms with Gasteiger partial charge in [0.1, 0.15) is 0 Å². The fourth-order valence-corrected chi connectivity index (χ4v) is 2.38. The summed E-state index contributed by atoms with van der Waals surface area (Å²) in [5, 5.41) is 13.5. The maximum Gasteiger partial charge on any atom is 1.00 e. The van der Waals surface area contributed by atoms with Gasteiger partial charge in [0.25, 0.3) is 0 Å². The summed E-state index contributed by atoms with van der Waals surface area (Å²) >= 11 is 1.59. The average molecular weight is 218 g/mol. The summed E-state index contributed by atoms with van der Waals surface area (Å²) in [5.74, 6) is -1.19. The third-order valence-corrected chi connectivity index (χ3v) is 3.35. The number of carbonyl (C=O) groups is 1. The second-order valence-electron chi connectivity index (χ2n) is 3.40. The summed E-state index contributed by atoms with van der Waals surface area (Å²) in [6.45, 7) is 1.54. The van der Waals surface area contributed by atoms with Crippen molar-refractivity contribution >= 4 is 22.4 Å². The Kier molecular flexibility index (Phi) is 4.65. The van der Waals surface area contributed by atoms with E-state index in [0.717, 1.165) is 18.2 Å². The third kappa shape index (κ3) is 2.97. The zero-order valence-electron chi connectivity index (χ0n) is 8.68. The van der Waals surface area contributed by atoms with Crippen LogP contribution in [0, 0.1) is 5.92 Å². The first-order chi connectivity index (χ1) is 6.77. The molecule has 76 valence electrons. The molecule has 0 N–H and O–H groups in total. The maximum absolute atomic E-state index is 10.6. The Bertz CT molecular complexity index is 310. The molecule has 0 amide bonds. The SMILES string of the molecule is O=C([O-])C1CCN(c2nccs2)CC1.[Li+]. The number of hydrogen-bond acceptors (Lipinski definition) is 5. The standard InChI is InChI=1S/C9H12N2O2S.Li/c12-8(13)7-1-4-11(5-2-7)9-10-3-6-14-9;/h3,6-7H,1-2,4-5H2,(H,12,13);/q;+1/p-1. The first kappa shape index (κ1) is 12.6. The Morgan fingerprint density at radius 3 is 2.67 bits per heavy atom. The molecule has 1 aliphatic heterocycles. The number of carboxylic acids is 1. The molecule has 15 heavy (non-hydrogen) atoms. The zero-order chi connectivity index (χ0) is 9.97. The van der Waals surface area contributed by atoms with E-state index in [9.17, 15) is 9.90 Å². The fraction of sp³-hybridized carbons (Fsp3) is 0.556. The average Bonchev–Trinajstić information content (AvgIpc) is 2.71. The Morgan fingerprint density at radius 2 is 2.20 bits per heavy atom. The molecule has 1 aliphatic rings. The number of aromatic nitrogens is 1. The van der Waals surface area contributed by atoms with E-state index in [2.05, 4.69) is 9.88 Å². The summed E-state index contributed by atoms with van der Waals surface area (Å²) in [6, 6.07) is 0. The molecule has 0 bridgehead atoms. The summed E-state index contributed by atoms with van der Waals surface area (Å²) in [4.78, 5) is 16.9. The van der Waals surface area contributed by atoms with Gasteiger partial charge >= 0.3 is 18.9 Å². The van der Waals surface area contributed by atoms with Gasteiger partial charge in [0.2, 0.25) is 0 Å². The van der Waals surface area contributed by atoms with E-state index in [-0.39, 0.29) is 24.8 Å². The van der Waals surface area contributed by atoms with Crippen molar-refractivity contribution in [2.75, 3.05) is 18.0 Å². The number of thiazole rings is 1. The molecule has 0 saturated carbocycles. The van der Waals surface area contributed by atoms with E-state index in [4.69, 9.17) is 0 Å². The van der Waals surface area contributed by atoms with Gasteiger partial charge in [-0.15, -0.1) is 11.3 Å². The van der Waals surface area contributed by atoms with E-state index in [1.165, 1.54) is 0 Å². The van der Waals surface area contributed by atoms with Crippen LogP contribution in [0.4, 0.5) is 5.13 Å². The van der Waals surface area contributed by atoms with Gasteiger partial charge in [-0.3, -0.25) is 0 Å². The van der Waals surface area contributed by atoms with Gasteiger partial charge in [0, 0.05) is 36.6 Å². The molecule has 6 heteroatoms. The monoisotopic (exact) mass is 218 g/mol. The van der Waals surface area contributed by atoms with Gasteiger partial charge in [-0.2, -0.15) is 0 Å². The van der Waals surface area contributed by atoms with Crippen molar-refractivity contribution < 1.29 is 28.8 Å². The van der Waals surface area contributed by atoms with Crippen LogP contribution >= 0.6 is 11.3 Å². The van der Waals surface area contributed by atoms with Crippen molar-refractivity contribution in [2.45, 2.75) is 12.8 Å². The minimum atomic E-state index is -0.913. The molecule has 0 aliphatic carbocycles. The number of carboxylic acid groups (broad SMARTS) is 1. The second-order valence-corrected chi connectivity index (χ2v) is 4.27. The first-order valence-corrected chi connectivity index (χ1v) is 5.50. The Balaban J connectivity index is 0.00000112. The number of rotatable bonds is 2. The predicted molar refractivity (Wildman–Crippen MR) is 52.1 cm³/mol. The van der Waals surface area contributed by atoms with Crippen molar-refractivity contribution in [1.82, 2.24) is 4.98 Å². The van der Waals surface area contributed by atoms with Crippen LogP contribution in [0.15, 0.2) is 11.6 Å². The molecule has 1 fully saturated rings. The van der Waals surface area contributed by atoms with Crippen LogP contribution in [0.25, 0.3) is 0 Å². The van der Waals surface area contributed by atoms with Crippen LogP contribution in [-0.4, -0.2) is 24.0 Å². The van der Waals surface area contributed by atoms with Crippen LogP contribution < -0.4 is 28.9 Å². The van der Waals surface area contributed by atoms with Gasteiger partial charge < -0.3 is 14.8 Å². The van der Waals surface area contributed by atoms with E-state index < -0.39 is 5.97 Å². The van der Waals surface area contributed by atoms with Gasteiger partial charge in [-0.25, -0.2) is 4.98 Å². The Hall–Kier alpha value is -0.503. The normalized spacial score (nSPS) is 17.2.